The predicted molar refractivity (Wildman–Crippen MR) is 78.9 cm³/mol. The molecule has 22 heavy (non-hydrogen) atoms. The first-order chi connectivity index (χ1) is 10.5. The van der Waals surface area contributed by atoms with E-state index < -0.39 is 5.82 Å². The van der Waals surface area contributed by atoms with E-state index in [0.29, 0.717) is 18.8 Å². The van der Waals surface area contributed by atoms with E-state index in [9.17, 15) is 9.18 Å². The summed E-state index contributed by atoms with van der Waals surface area (Å²) in [7, 11) is 0. The maximum Gasteiger partial charge on any atom is 0.221 e. The van der Waals surface area contributed by atoms with Gasteiger partial charge in [-0.2, -0.15) is 0 Å². The normalized spacial score (nSPS) is 18.7. The second-order valence-corrected chi connectivity index (χ2v) is 5.78. The zero-order valence-electron chi connectivity index (χ0n) is 11.7. The third-order valence-electron chi connectivity index (χ3n) is 3.77. The van der Waals surface area contributed by atoms with Crippen molar-refractivity contribution in [1.29, 1.82) is 0 Å². The van der Waals surface area contributed by atoms with Crippen LogP contribution in [-0.2, 0) is 11.3 Å². The third-order valence-corrected chi connectivity index (χ3v) is 4.06. The van der Waals surface area contributed by atoms with Gasteiger partial charge in [-0.25, -0.2) is 9.07 Å². The minimum Gasteiger partial charge on any atom is -0.369 e. The molecule has 1 fully saturated rings. The van der Waals surface area contributed by atoms with E-state index in [1.165, 1.54) is 12.1 Å². The van der Waals surface area contributed by atoms with Crippen molar-refractivity contribution in [1.82, 2.24) is 19.9 Å². The molecule has 116 valence electrons. The van der Waals surface area contributed by atoms with E-state index in [1.54, 1.807) is 16.9 Å². The highest BCUT2D eigenvalue weighted by atomic mass is 35.5. The van der Waals surface area contributed by atoms with Gasteiger partial charge in [0.1, 0.15) is 5.82 Å². The van der Waals surface area contributed by atoms with Crippen molar-refractivity contribution in [2.24, 2.45) is 11.7 Å². The molecule has 1 aromatic carbocycles. The minimum absolute atomic E-state index is 0.0402. The van der Waals surface area contributed by atoms with Crippen molar-refractivity contribution in [3.05, 3.63) is 40.9 Å². The molecule has 0 saturated carbocycles. The smallest absolute Gasteiger partial charge is 0.221 e. The highest BCUT2D eigenvalue weighted by Gasteiger charge is 2.26. The maximum atomic E-state index is 13.2. The van der Waals surface area contributed by atoms with Crippen LogP contribution in [-0.4, -0.2) is 38.9 Å². The lowest BCUT2D eigenvalue weighted by molar-refractivity contribution is -0.121. The molecule has 6 nitrogen and oxygen atoms in total. The van der Waals surface area contributed by atoms with Crippen LogP contribution >= 0.6 is 11.6 Å². The van der Waals surface area contributed by atoms with Gasteiger partial charge in [-0.3, -0.25) is 9.69 Å². The van der Waals surface area contributed by atoms with Gasteiger partial charge in [-0.15, -0.1) is 5.10 Å². The molecule has 2 N–H and O–H groups in total. The Bertz CT molecular complexity index is 704. The Labute approximate surface area is 131 Å². The van der Waals surface area contributed by atoms with Gasteiger partial charge in [0, 0.05) is 13.1 Å². The topological polar surface area (TPSA) is 77.0 Å². The summed E-state index contributed by atoms with van der Waals surface area (Å²) in [5.41, 5.74) is 6.73. The molecule has 1 saturated heterocycles. The van der Waals surface area contributed by atoms with Crippen molar-refractivity contribution in [2.45, 2.75) is 13.0 Å². The number of carbonyl (C=O) groups excluding carboxylic acids is 1. The Morgan fingerprint density at radius 3 is 3.00 bits per heavy atom. The van der Waals surface area contributed by atoms with E-state index in [0.717, 1.165) is 18.7 Å². The molecule has 1 aliphatic heterocycles. The molecule has 0 bridgehead atoms. The average Bonchev–Trinajstić information content (AvgIpc) is 3.12. The Hall–Kier alpha value is -1.99. The quantitative estimate of drug-likeness (QED) is 0.922. The third kappa shape index (κ3) is 3.10. The van der Waals surface area contributed by atoms with Crippen LogP contribution in [0.2, 0.25) is 5.02 Å². The molecule has 0 spiro atoms. The van der Waals surface area contributed by atoms with Crippen LogP contribution in [0, 0.1) is 11.7 Å². The lowest BCUT2D eigenvalue weighted by Crippen LogP contribution is -2.27. The number of primary amides is 1. The predicted octanol–water partition coefficient (Wildman–Crippen LogP) is 1.37. The number of aromatic nitrogens is 3. The number of benzene rings is 1. The van der Waals surface area contributed by atoms with Crippen LogP contribution in [0.15, 0.2) is 24.4 Å². The molecular weight excluding hydrogens is 309 g/mol. The van der Waals surface area contributed by atoms with Gasteiger partial charge in [0.2, 0.25) is 5.91 Å². The number of halogens is 2. The second kappa shape index (κ2) is 6.02. The summed E-state index contributed by atoms with van der Waals surface area (Å²) in [4.78, 5) is 13.3. The first-order valence-corrected chi connectivity index (χ1v) is 7.29. The van der Waals surface area contributed by atoms with Gasteiger partial charge in [0.05, 0.1) is 28.5 Å². The molecule has 1 amide bonds. The lowest BCUT2D eigenvalue weighted by atomic mass is 10.1. The Balaban J connectivity index is 1.69. The largest absolute Gasteiger partial charge is 0.369 e. The lowest BCUT2D eigenvalue weighted by Gasteiger charge is -2.12. The molecule has 1 atom stereocenters. The van der Waals surface area contributed by atoms with E-state index >= 15 is 0 Å². The Morgan fingerprint density at radius 2 is 2.32 bits per heavy atom. The molecule has 3 rings (SSSR count). The SMILES string of the molecule is NC(=O)C1CCN(Cc2cn(-c3ccc(F)c(Cl)c3)nn2)C1. The Kier molecular flexibility index (Phi) is 4.08. The van der Waals surface area contributed by atoms with E-state index in [2.05, 4.69) is 15.2 Å². The van der Waals surface area contributed by atoms with Crippen LogP contribution in [0.1, 0.15) is 12.1 Å². The van der Waals surface area contributed by atoms with Crippen LogP contribution in [0.3, 0.4) is 0 Å². The fourth-order valence-corrected chi connectivity index (χ4v) is 2.74. The number of rotatable bonds is 4. The maximum absolute atomic E-state index is 13.2. The fourth-order valence-electron chi connectivity index (χ4n) is 2.56. The summed E-state index contributed by atoms with van der Waals surface area (Å²) in [6, 6.07) is 4.36. The summed E-state index contributed by atoms with van der Waals surface area (Å²) < 4.78 is 14.7. The second-order valence-electron chi connectivity index (χ2n) is 5.38. The van der Waals surface area contributed by atoms with Crippen LogP contribution < -0.4 is 5.73 Å². The number of likely N-dealkylation sites (tertiary alicyclic amines) is 1. The zero-order chi connectivity index (χ0) is 15.7. The van der Waals surface area contributed by atoms with Gasteiger partial charge in [0.15, 0.2) is 0 Å². The average molecular weight is 324 g/mol. The first-order valence-electron chi connectivity index (χ1n) is 6.91. The van der Waals surface area contributed by atoms with Crippen LogP contribution in [0.5, 0.6) is 0 Å². The molecule has 1 aromatic heterocycles. The highest BCUT2D eigenvalue weighted by Crippen LogP contribution is 2.20. The van der Waals surface area contributed by atoms with Gasteiger partial charge in [-0.05, 0) is 31.2 Å². The number of hydrogen-bond acceptors (Lipinski definition) is 4. The number of hydrogen-bond donors (Lipinski definition) is 1. The highest BCUT2D eigenvalue weighted by molar-refractivity contribution is 6.30. The van der Waals surface area contributed by atoms with Gasteiger partial charge in [-0.1, -0.05) is 16.8 Å². The number of nitrogens with zero attached hydrogens (tertiary/aromatic N) is 4. The molecule has 0 aliphatic carbocycles. The zero-order valence-corrected chi connectivity index (χ0v) is 12.5. The van der Waals surface area contributed by atoms with E-state index in [-0.39, 0.29) is 16.8 Å². The van der Waals surface area contributed by atoms with Gasteiger partial charge >= 0.3 is 0 Å². The van der Waals surface area contributed by atoms with Crippen molar-refractivity contribution in [3.63, 3.8) is 0 Å². The van der Waals surface area contributed by atoms with E-state index in [4.69, 9.17) is 17.3 Å². The summed E-state index contributed by atoms with van der Waals surface area (Å²) in [6.45, 7) is 2.05. The van der Waals surface area contributed by atoms with Crippen molar-refractivity contribution >= 4 is 17.5 Å². The van der Waals surface area contributed by atoms with Crippen molar-refractivity contribution < 1.29 is 9.18 Å². The standard InChI is InChI=1S/C14H15ClFN5O/c15-12-5-11(1-2-13(12)16)21-8-10(18-19-21)7-20-4-3-9(6-20)14(17)22/h1-2,5,8-9H,3-4,6-7H2,(H2,17,22). The Morgan fingerprint density at radius 1 is 1.50 bits per heavy atom. The molecule has 2 aromatic rings. The summed E-state index contributed by atoms with van der Waals surface area (Å²) in [6.07, 6.45) is 2.54. The van der Waals surface area contributed by atoms with Crippen molar-refractivity contribution in [3.8, 4) is 5.69 Å². The van der Waals surface area contributed by atoms with Gasteiger partial charge in [0.25, 0.3) is 0 Å². The van der Waals surface area contributed by atoms with Crippen LogP contribution in [0.25, 0.3) is 5.69 Å². The number of carbonyl (C=O) groups is 1. The van der Waals surface area contributed by atoms with Crippen molar-refractivity contribution in [2.75, 3.05) is 13.1 Å². The molecule has 1 aliphatic rings. The molecule has 1 unspecified atom stereocenters. The number of amides is 1. The number of nitrogens with two attached hydrogens (primary N) is 1. The molecule has 8 heteroatoms. The van der Waals surface area contributed by atoms with Gasteiger partial charge < -0.3 is 5.73 Å². The van der Waals surface area contributed by atoms with Crippen LogP contribution in [0.4, 0.5) is 4.39 Å². The molecular formula is C14H15ClFN5O. The molecule has 0 radical (unpaired) electrons. The molecule has 2 heterocycles. The minimum atomic E-state index is -0.472. The summed E-state index contributed by atoms with van der Waals surface area (Å²) in [5, 5.41) is 8.16. The fraction of sp³-hybridized carbons (Fsp3) is 0.357. The summed E-state index contributed by atoms with van der Waals surface area (Å²) >= 11 is 5.77. The first kappa shape index (κ1) is 14.9. The summed E-state index contributed by atoms with van der Waals surface area (Å²) in [5.74, 6) is -0.821. The monoisotopic (exact) mass is 323 g/mol. The van der Waals surface area contributed by atoms with E-state index in [1.807, 2.05) is 0 Å².